The molecule has 2 rings (SSSR count). The van der Waals surface area contributed by atoms with Crippen molar-refractivity contribution in [1.29, 1.82) is 0 Å². The Morgan fingerprint density at radius 1 is 1.44 bits per heavy atom. The van der Waals surface area contributed by atoms with E-state index in [0.717, 1.165) is 0 Å². The number of aromatic nitrogens is 5. The molecule has 0 unspecified atom stereocenters. The van der Waals surface area contributed by atoms with Crippen LogP contribution in [0.3, 0.4) is 0 Å². The lowest BCUT2D eigenvalue weighted by Crippen LogP contribution is -2.30. The SMILES string of the molecule is CC(C)n1ncnc1Cn1cc(Cl)c(=O)[nH]c1=O. The van der Waals surface area contributed by atoms with Gasteiger partial charge in [-0.3, -0.25) is 14.3 Å². The van der Waals surface area contributed by atoms with Crippen molar-refractivity contribution in [2.45, 2.75) is 26.4 Å². The Labute approximate surface area is 107 Å². The zero-order chi connectivity index (χ0) is 13.3. The maximum absolute atomic E-state index is 11.6. The highest BCUT2D eigenvalue weighted by Crippen LogP contribution is 2.06. The van der Waals surface area contributed by atoms with Crippen LogP contribution in [0.2, 0.25) is 5.02 Å². The molecule has 96 valence electrons. The van der Waals surface area contributed by atoms with Crippen LogP contribution in [0.5, 0.6) is 0 Å². The van der Waals surface area contributed by atoms with Gasteiger partial charge < -0.3 is 0 Å². The minimum atomic E-state index is -0.594. The Bertz CT molecular complexity index is 669. The third kappa shape index (κ3) is 2.35. The van der Waals surface area contributed by atoms with Crippen molar-refractivity contribution in [2.75, 3.05) is 0 Å². The molecular formula is C10H12ClN5O2. The molecule has 0 aliphatic carbocycles. The lowest BCUT2D eigenvalue weighted by atomic mass is 10.4. The Morgan fingerprint density at radius 3 is 2.83 bits per heavy atom. The fourth-order valence-corrected chi connectivity index (χ4v) is 1.74. The molecule has 0 aliphatic rings. The Balaban J connectivity index is 2.40. The molecule has 0 aromatic carbocycles. The summed E-state index contributed by atoms with van der Waals surface area (Å²) in [6.45, 7) is 4.12. The molecule has 8 heteroatoms. The standard InChI is InChI=1S/C10H12ClN5O2/c1-6(2)16-8(12-5-13-16)4-15-3-7(11)9(17)14-10(15)18/h3,5-6H,4H2,1-2H3,(H,14,17,18). The summed E-state index contributed by atoms with van der Waals surface area (Å²) in [6, 6.07) is 0.136. The van der Waals surface area contributed by atoms with E-state index in [4.69, 9.17) is 11.6 Å². The zero-order valence-electron chi connectivity index (χ0n) is 9.92. The van der Waals surface area contributed by atoms with Gasteiger partial charge in [-0.05, 0) is 13.8 Å². The van der Waals surface area contributed by atoms with Gasteiger partial charge in [0, 0.05) is 12.2 Å². The number of hydrogen-bond acceptors (Lipinski definition) is 4. The van der Waals surface area contributed by atoms with Crippen molar-refractivity contribution in [3.63, 3.8) is 0 Å². The molecule has 2 aromatic rings. The van der Waals surface area contributed by atoms with Crippen LogP contribution in [0.15, 0.2) is 22.1 Å². The molecule has 0 saturated carbocycles. The molecule has 0 saturated heterocycles. The second-order valence-electron chi connectivity index (χ2n) is 4.08. The van der Waals surface area contributed by atoms with Gasteiger partial charge in [0.15, 0.2) is 0 Å². The van der Waals surface area contributed by atoms with Crippen molar-refractivity contribution in [3.8, 4) is 0 Å². The first-order valence-electron chi connectivity index (χ1n) is 5.36. The summed E-state index contributed by atoms with van der Waals surface area (Å²) in [7, 11) is 0. The second kappa shape index (κ2) is 4.77. The van der Waals surface area contributed by atoms with Crippen LogP contribution in [0.25, 0.3) is 0 Å². The van der Waals surface area contributed by atoms with Gasteiger partial charge in [0.2, 0.25) is 0 Å². The predicted octanol–water partition coefficient (Wildman–Crippen LogP) is 0.411. The average Bonchev–Trinajstić information content (AvgIpc) is 2.74. The van der Waals surface area contributed by atoms with Crippen molar-refractivity contribution in [1.82, 2.24) is 24.3 Å². The number of rotatable bonds is 3. The van der Waals surface area contributed by atoms with E-state index in [1.807, 2.05) is 13.8 Å². The first kappa shape index (κ1) is 12.6. The molecule has 0 spiro atoms. The van der Waals surface area contributed by atoms with Crippen LogP contribution in [-0.2, 0) is 6.54 Å². The zero-order valence-corrected chi connectivity index (χ0v) is 10.7. The van der Waals surface area contributed by atoms with E-state index in [9.17, 15) is 9.59 Å². The molecule has 0 aliphatic heterocycles. The van der Waals surface area contributed by atoms with E-state index >= 15 is 0 Å². The van der Waals surface area contributed by atoms with Crippen molar-refractivity contribution in [3.05, 3.63) is 44.2 Å². The molecule has 2 heterocycles. The lowest BCUT2D eigenvalue weighted by Gasteiger charge is -2.10. The number of aromatic amines is 1. The van der Waals surface area contributed by atoms with Gasteiger partial charge in [-0.1, -0.05) is 11.6 Å². The normalized spacial score (nSPS) is 11.1. The van der Waals surface area contributed by atoms with E-state index in [2.05, 4.69) is 15.1 Å². The fourth-order valence-electron chi connectivity index (χ4n) is 1.57. The fraction of sp³-hybridized carbons (Fsp3) is 0.400. The number of halogens is 1. The number of hydrogen-bond donors (Lipinski definition) is 1. The Morgan fingerprint density at radius 2 is 2.17 bits per heavy atom. The smallest absolute Gasteiger partial charge is 0.291 e. The molecule has 2 aromatic heterocycles. The van der Waals surface area contributed by atoms with Crippen LogP contribution in [-0.4, -0.2) is 24.3 Å². The van der Waals surface area contributed by atoms with Crippen LogP contribution in [0, 0.1) is 0 Å². The quantitative estimate of drug-likeness (QED) is 0.874. The van der Waals surface area contributed by atoms with Crippen molar-refractivity contribution >= 4 is 11.6 Å². The minimum absolute atomic E-state index is 0.0368. The largest absolute Gasteiger partial charge is 0.328 e. The van der Waals surface area contributed by atoms with E-state index in [1.165, 1.54) is 17.1 Å². The Hall–Kier alpha value is -1.89. The Kier molecular flexibility index (Phi) is 3.33. The van der Waals surface area contributed by atoms with Gasteiger partial charge in [-0.25, -0.2) is 14.5 Å². The highest BCUT2D eigenvalue weighted by Gasteiger charge is 2.10. The molecule has 0 amide bonds. The monoisotopic (exact) mass is 269 g/mol. The summed E-state index contributed by atoms with van der Waals surface area (Å²) in [4.78, 5) is 28.9. The lowest BCUT2D eigenvalue weighted by molar-refractivity contribution is 0.492. The molecule has 1 N–H and O–H groups in total. The van der Waals surface area contributed by atoms with Gasteiger partial charge in [0.25, 0.3) is 5.56 Å². The summed E-state index contributed by atoms with van der Waals surface area (Å²) in [5.74, 6) is 0.621. The molecule has 0 fully saturated rings. The maximum Gasteiger partial charge on any atom is 0.328 e. The van der Waals surface area contributed by atoms with Crippen LogP contribution < -0.4 is 11.2 Å². The number of nitrogens with one attached hydrogen (secondary N) is 1. The highest BCUT2D eigenvalue weighted by atomic mass is 35.5. The summed E-state index contributed by atoms with van der Waals surface area (Å²) in [6.07, 6.45) is 2.72. The topological polar surface area (TPSA) is 85.6 Å². The number of nitrogens with zero attached hydrogens (tertiary/aromatic N) is 4. The van der Waals surface area contributed by atoms with Crippen molar-refractivity contribution < 1.29 is 0 Å². The van der Waals surface area contributed by atoms with Crippen LogP contribution >= 0.6 is 11.6 Å². The summed E-state index contributed by atoms with van der Waals surface area (Å²) in [5, 5.41) is 4.03. The predicted molar refractivity (Wildman–Crippen MR) is 65.8 cm³/mol. The van der Waals surface area contributed by atoms with Gasteiger partial charge in [0.05, 0.1) is 6.54 Å². The summed E-state index contributed by atoms with van der Waals surface area (Å²) < 4.78 is 2.98. The van der Waals surface area contributed by atoms with E-state index in [1.54, 1.807) is 4.68 Å². The first-order valence-corrected chi connectivity index (χ1v) is 5.74. The summed E-state index contributed by atoms with van der Waals surface area (Å²) >= 11 is 5.68. The second-order valence-corrected chi connectivity index (χ2v) is 4.49. The third-order valence-electron chi connectivity index (χ3n) is 2.42. The van der Waals surface area contributed by atoms with E-state index in [-0.39, 0.29) is 17.6 Å². The molecule has 0 atom stereocenters. The molecule has 18 heavy (non-hydrogen) atoms. The summed E-state index contributed by atoms with van der Waals surface area (Å²) in [5.41, 5.74) is -1.12. The first-order chi connectivity index (χ1) is 8.49. The average molecular weight is 270 g/mol. The number of H-pyrrole nitrogens is 1. The molecule has 7 nitrogen and oxygen atoms in total. The molecule has 0 bridgehead atoms. The van der Waals surface area contributed by atoms with E-state index < -0.39 is 11.2 Å². The van der Waals surface area contributed by atoms with Crippen LogP contribution in [0.1, 0.15) is 25.7 Å². The maximum atomic E-state index is 11.6. The van der Waals surface area contributed by atoms with Gasteiger partial charge in [-0.2, -0.15) is 5.10 Å². The highest BCUT2D eigenvalue weighted by molar-refractivity contribution is 6.30. The van der Waals surface area contributed by atoms with Gasteiger partial charge in [-0.15, -0.1) is 0 Å². The molecule has 0 radical (unpaired) electrons. The van der Waals surface area contributed by atoms with Gasteiger partial charge >= 0.3 is 5.69 Å². The van der Waals surface area contributed by atoms with Crippen LogP contribution in [0.4, 0.5) is 0 Å². The van der Waals surface area contributed by atoms with Crippen molar-refractivity contribution in [2.24, 2.45) is 0 Å². The minimum Gasteiger partial charge on any atom is -0.291 e. The van der Waals surface area contributed by atoms with E-state index in [0.29, 0.717) is 5.82 Å². The third-order valence-corrected chi connectivity index (χ3v) is 2.68. The molecular weight excluding hydrogens is 258 g/mol. The van der Waals surface area contributed by atoms with Gasteiger partial charge in [0.1, 0.15) is 17.2 Å².